The van der Waals surface area contributed by atoms with Crippen LogP contribution in [-0.2, 0) is 0 Å². The minimum absolute atomic E-state index is 1.07. The van der Waals surface area contributed by atoms with Gasteiger partial charge < -0.3 is 5.32 Å². The smallest absolute Gasteiger partial charge is 0.0624 e. The van der Waals surface area contributed by atoms with E-state index in [2.05, 4.69) is 15.3 Å². The first-order valence-corrected chi connectivity index (χ1v) is 5.17. The van der Waals surface area contributed by atoms with E-state index in [1.165, 1.54) is 32.5 Å². The highest BCUT2D eigenvalue weighted by Crippen LogP contribution is 2.11. The number of hydrazine groups is 1. The number of rotatable bonds is 1. The molecule has 2 rings (SSSR count). The first-order valence-electron chi connectivity index (χ1n) is 5.17. The van der Waals surface area contributed by atoms with E-state index in [-0.39, 0.29) is 0 Å². The Hall–Kier alpha value is -0.120. The van der Waals surface area contributed by atoms with Gasteiger partial charge in [0.15, 0.2) is 0 Å². The van der Waals surface area contributed by atoms with Gasteiger partial charge in [-0.25, -0.2) is 10.0 Å². The van der Waals surface area contributed by atoms with Crippen molar-refractivity contribution >= 4 is 0 Å². The zero-order chi connectivity index (χ0) is 8.81. The van der Waals surface area contributed by atoms with Gasteiger partial charge in [-0.15, -0.1) is 0 Å². The number of nitrogens with one attached hydrogen (secondary N) is 1. The summed E-state index contributed by atoms with van der Waals surface area (Å²) in [5.74, 6) is 0. The monoisotopic (exact) mass is 171 g/mol. The highest BCUT2D eigenvalue weighted by molar-refractivity contribution is 4.69. The molecule has 2 saturated heterocycles. The van der Waals surface area contributed by atoms with Crippen molar-refractivity contribution in [3.05, 3.63) is 0 Å². The second kappa shape index (κ2) is 5.51. The minimum atomic E-state index is 1.07. The summed E-state index contributed by atoms with van der Waals surface area (Å²) >= 11 is 0. The molecule has 1 N–H and O–H groups in total. The SMILES string of the molecule is C1CCN(N2CCNC2)C1.CC. The van der Waals surface area contributed by atoms with E-state index in [0.29, 0.717) is 0 Å². The Bertz CT molecular complexity index is 90.3. The van der Waals surface area contributed by atoms with Crippen LogP contribution in [0.4, 0.5) is 0 Å². The van der Waals surface area contributed by atoms with Gasteiger partial charge in [-0.3, -0.25) is 0 Å². The molecule has 2 fully saturated rings. The largest absolute Gasteiger partial charge is 0.302 e. The molecule has 0 atom stereocenters. The van der Waals surface area contributed by atoms with Gasteiger partial charge in [0.25, 0.3) is 0 Å². The van der Waals surface area contributed by atoms with Gasteiger partial charge in [0, 0.05) is 26.2 Å². The Balaban J connectivity index is 0.000000336. The van der Waals surface area contributed by atoms with Gasteiger partial charge in [0.1, 0.15) is 0 Å². The predicted molar refractivity (Wildman–Crippen MR) is 51.7 cm³/mol. The highest BCUT2D eigenvalue weighted by Gasteiger charge is 2.21. The maximum Gasteiger partial charge on any atom is 0.0624 e. The van der Waals surface area contributed by atoms with Crippen molar-refractivity contribution in [2.75, 3.05) is 32.8 Å². The maximum absolute atomic E-state index is 3.33. The van der Waals surface area contributed by atoms with Crippen LogP contribution in [0.1, 0.15) is 26.7 Å². The number of hydrogen-bond donors (Lipinski definition) is 1. The summed E-state index contributed by atoms with van der Waals surface area (Å²) in [6, 6.07) is 0. The average Bonchev–Trinajstić information content (AvgIpc) is 2.80. The first-order chi connectivity index (χ1) is 5.97. The molecule has 0 radical (unpaired) electrons. The molecule has 0 bridgehead atoms. The zero-order valence-electron chi connectivity index (χ0n) is 8.34. The molecule has 0 spiro atoms. The lowest BCUT2D eigenvalue weighted by Gasteiger charge is -2.25. The molecule has 0 aromatic carbocycles. The second-order valence-corrected chi connectivity index (χ2v) is 3.05. The topological polar surface area (TPSA) is 18.5 Å². The molecule has 3 nitrogen and oxygen atoms in total. The first kappa shape index (κ1) is 9.96. The predicted octanol–water partition coefficient (Wildman–Crippen LogP) is 0.886. The lowest BCUT2D eigenvalue weighted by molar-refractivity contribution is 0.0208. The Labute approximate surface area is 75.7 Å². The fraction of sp³-hybridized carbons (Fsp3) is 1.00. The molecule has 0 unspecified atom stereocenters. The molecule has 0 saturated carbocycles. The maximum atomic E-state index is 3.33. The molecule has 2 aliphatic heterocycles. The summed E-state index contributed by atoms with van der Waals surface area (Å²) < 4.78 is 0. The lowest BCUT2D eigenvalue weighted by Crippen LogP contribution is -2.39. The summed E-state index contributed by atoms with van der Waals surface area (Å²) in [5, 5.41) is 8.23. The van der Waals surface area contributed by atoms with E-state index in [0.717, 1.165) is 13.2 Å². The molecule has 12 heavy (non-hydrogen) atoms. The van der Waals surface area contributed by atoms with Gasteiger partial charge in [0.2, 0.25) is 0 Å². The van der Waals surface area contributed by atoms with Crippen LogP contribution in [0.15, 0.2) is 0 Å². The van der Waals surface area contributed by atoms with E-state index in [9.17, 15) is 0 Å². The normalized spacial score (nSPS) is 25.5. The number of hydrogen-bond acceptors (Lipinski definition) is 3. The third-order valence-corrected chi connectivity index (χ3v) is 2.32. The second-order valence-electron chi connectivity index (χ2n) is 3.05. The van der Waals surface area contributed by atoms with Crippen LogP contribution in [0, 0.1) is 0 Å². The lowest BCUT2D eigenvalue weighted by atomic mass is 10.4. The van der Waals surface area contributed by atoms with Gasteiger partial charge in [-0.05, 0) is 12.8 Å². The third-order valence-electron chi connectivity index (χ3n) is 2.32. The summed E-state index contributed by atoms with van der Waals surface area (Å²) in [5.41, 5.74) is 0. The van der Waals surface area contributed by atoms with Crippen molar-refractivity contribution in [2.24, 2.45) is 0 Å². The summed E-state index contributed by atoms with van der Waals surface area (Å²) in [6.07, 6.45) is 2.77. The quantitative estimate of drug-likeness (QED) is 0.632. The van der Waals surface area contributed by atoms with Crippen molar-refractivity contribution in [2.45, 2.75) is 26.7 Å². The van der Waals surface area contributed by atoms with Crippen molar-refractivity contribution < 1.29 is 0 Å². The Morgan fingerprint density at radius 1 is 0.917 bits per heavy atom. The van der Waals surface area contributed by atoms with Crippen LogP contribution in [0.25, 0.3) is 0 Å². The van der Waals surface area contributed by atoms with Gasteiger partial charge >= 0.3 is 0 Å². The van der Waals surface area contributed by atoms with Crippen LogP contribution in [0.5, 0.6) is 0 Å². The molecular weight excluding hydrogens is 150 g/mol. The summed E-state index contributed by atoms with van der Waals surface area (Å²) in [7, 11) is 0. The molecule has 0 amide bonds. The highest BCUT2D eigenvalue weighted by atomic mass is 15.7. The summed E-state index contributed by atoms with van der Waals surface area (Å²) in [4.78, 5) is 0. The minimum Gasteiger partial charge on any atom is -0.302 e. The molecular formula is C9H21N3. The average molecular weight is 171 g/mol. The van der Waals surface area contributed by atoms with Gasteiger partial charge in [-0.1, -0.05) is 13.8 Å². The van der Waals surface area contributed by atoms with Crippen LogP contribution < -0.4 is 5.32 Å². The molecule has 0 aromatic heterocycles. The van der Waals surface area contributed by atoms with Crippen LogP contribution in [-0.4, -0.2) is 42.9 Å². The van der Waals surface area contributed by atoms with E-state index < -0.39 is 0 Å². The molecule has 2 aliphatic rings. The fourth-order valence-corrected chi connectivity index (χ4v) is 1.72. The van der Waals surface area contributed by atoms with Crippen molar-refractivity contribution in [1.29, 1.82) is 0 Å². The van der Waals surface area contributed by atoms with E-state index in [1.807, 2.05) is 13.8 Å². The summed E-state index contributed by atoms with van der Waals surface area (Å²) in [6.45, 7) is 10.00. The van der Waals surface area contributed by atoms with Gasteiger partial charge in [0.05, 0.1) is 6.67 Å². The van der Waals surface area contributed by atoms with Crippen LogP contribution >= 0.6 is 0 Å². The van der Waals surface area contributed by atoms with Crippen molar-refractivity contribution in [1.82, 2.24) is 15.3 Å². The third kappa shape index (κ3) is 2.44. The Morgan fingerprint density at radius 3 is 2.08 bits per heavy atom. The van der Waals surface area contributed by atoms with Crippen molar-refractivity contribution in [3.8, 4) is 0 Å². The molecule has 3 heteroatoms. The molecule has 0 aromatic rings. The van der Waals surface area contributed by atoms with Crippen molar-refractivity contribution in [3.63, 3.8) is 0 Å². The van der Waals surface area contributed by atoms with Crippen LogP contribution in [0.3, 0.4) is 0 Å². The molecule has 2 heterocycles. The van der Waals surface area contributed by atoms with Gasteiger partial charge in [-0.2, -0.15) is 0 Å². The van der Waals surface area contributed by atoms with E-state index in [4.69, 9.17) is 0 Å². The Morgan fingerprint density at radius 2 is 1.58 bits per heavy atom. The van der Waals surface area contributed by atoms with E-state index in [1.54, 1.807) is 0 Å². The number of nitrogens with zero attached hydrogens (tertiary/aromatic N) is 2. The standard InChI is InChI=1S/C7H15N3.C2H6/c1-2-5-9(4-1)10-6-3-8-7-10;1-2/h8H,1-7H2;1-2H3. The zero-order valence-corrected chi connectivity index (χ0v) is 8.34. The fourth-order valence-electron chi connectivity index (χ4n) is 1.72. The molecule has 0 aliphatic carbocycles. The molecule has 72 valence electrons. The Kier molecular flexibility index (Phi) is 4.58. The van der Waals surface area contributed by atoms with E-state index >= 15 is 0 Å². The van der Waals surface area contributed by atoms with Crippen LogP contribution in [0.2, 0.25) is 0 Å².